The van der Waals surface area contributed by atoms with Crippen molar-refractivity contribution in [3.8, 4) is 0 Å². The number of carbonyl (C=O) groups is 1. The van der Waals surface area contributed by atoms with E-state index in [1.54, 1.807) is 31.6 Å². The van der Waals surface area contributed by atoms with Crippen molar-refractivity contribution in [2.24, 2.45) is 0 Å². The smallest absolute Gasteiger partial charge is 0.415 e. The lowest BCUT2D eigenvalue weighted by atomic mass is 10.1. The number of hydrogen-bond donors (Lipinski definition) is 1. The van der Waals surface area contributed by atoms with E-state index in [1.165, 1.54) is 0 Å². The summed E-state index contributed by atoms with van der Waals surface area (Å²) in [5.74, 6) is -1.96. The Morgan fingerprint density at radius 3 is 2.76 bits per heavy atom. The third kappa shape index (κ3) is 4.82. The third-order valence-electron chi connectivity index (χ3n) is 5.54. The maximum Gasteiger partial charge on any atom is 0.415 e. The first-order chi connectivity index (χ1) is 16.0. The number of anilines is 2. The van der Waals surface area contributed by atoms with Gasteiger partial charge in [0.15, 0.2) is 17.7 Å². The highest BCUT2D eigenvalue weighted by Crippen LogP contribution is 2.32. The minimum absolute atomic E-state index is 0.181. The Balaban J connectivity index is 1.72. The maximum atomic E-state index is 14.9. The number of fused-ring (bicyclic) bond motifs is 1. The number of nitrogens with two attached hydrogens (primary N) is 1. The zero-order valence-electron chi connectivity index (χ0n) is 19.8. The SMILES string of the molecule is Cc1nn(C2CCCCO2)c2ncc(CN(C(=O)OC(C)(C)C)c3c(F)ccc(N)c3F)cc12. The summed E-state index contributed by atoms with van der Waals surface area (Å²) >= 11 is 0. The standard InChI is InChI=1S/C24H29F2N5O3/c1-14-16-11-15(12-28-22(16)31(29-14)19-7-5-6-10-33-19)13-30(23(32)34-24(2,3)4)21-17(25)8-9-18(27)20(21)26/h8-9,11-12,19H,5-7,10,13,27H2,1-4H3. The van der Waals surface area contributed by atoms with Crippen molar-refractivity contribution in [1.82, 2.24) is 14.8 Å². The summed E-state index contributed by atoms with van der Waals surface area (Å²) in [6.45, 7) is 7.37. The van der Waals surface area contributed by atoms with Crippen LogP contribution in [0.25, 0.3) is 11.0 Å². The second kappa shape index (κ2) is 9.17. The molecule has 1 saturated heterocycles. The predicted octanol–water partition coefficient (Wildman–Crippen LogP) is 5.24. The van der Waals surface area contributed by atoms with Gasteiger partial charge in [-0.15, -0.1) is 0 Å². The average Bonchev–Trinajstić information content (AvgIpc) is 3.11. The molecule has 1 fully saturated rings. The van der Waals surface area contributed by atoms with Gasteiger partial charge in [0.1, 0.15) is 17.1 Å². The van der Waals surface area contributed by atoms with Crippen LogP contribution in [0, 0.1) is 18.6 Å². The Labute approximate surface area is 196 Å². The second-order valence-corrected chi connectivity index (χ2v) is 9.43. The van der Waals surface area contributed by atoms with E-state index in [-0.39, 0.29) is 18.5 Å². The molecule has 34 heavy (non-hydrogen) atoms. The first kappa shape index (κ1) is 23.9. The van der Waals surface area contributed by atoms with Crippen molar-refractivity contribution in [3.63, 3.8) is 0 Å². The predicted molar refractivity (Wildman–Crippen MR) is 124 cm³/mol. The molecule has 4 rings (SSSR count). The van der Waals surface area contributed by atoms with Gasteiger partial charge in [0.2, 0.25) is 0 Å². The Hall–Kier alpha value is -3.27. The molecule has 1 aromatic carbocycles. The van der Waals surface area contributed by atoms with Gasteiger partial charge in [0, 0.05) is 18.2 Å². The van der Waals surface area contributed by atoms with E-state index in [0.717, 1.165) is 47.4 Å². The van der Waals surface area contributed by atoms with Gasteiger partial charge in [-0.3, -0.25) is 4.90 Å². The largest absolute Gasteiger partial charge is 0.443 e. The van der Waals surface area contributed by atoms with E-state index in [9.17, 15) is 13.6 Å². The van der Waals surface area contributed by atoms with Crippen molar-refractivity contribution in [1.29, 1.82) is 0 Å². The Kier molecular flexibility index (Phi) is 6.44. The summed E-state index contributed by atoms with van der Waals surface area (Å²) < 4.78 is 42.6. The highest BCUT2D eigenvalue weighted by atomic mass is 19.1. The van der Waals surface area contributed by atoms with Crippen LogP contribution < -0.4 is 10.6 Å². The van der Waals surface area contributed by atoms with Crippen molar-refractivity contribution >= 4 is 28.5 Å². The molecule has 1 aliphatic rings. The van der Waals surface area contributed by atoms with Gasteiger partial charge in [-0.05, 0) is 70.7 Å². The molecule has 0 spiro atoms. The van der Waals surface area contributed by atoms with Crippen molar-refractivity contribution < 1.29 is 23.0 Å². The van der Waals surface area contributed by atoms with Crippen LogP contribution in [0.5, 0.6) is 0 Å². The number of rotatable bonds is 4. The van der Waals surface area contributed by atoms with Gasteiger partial charge in [0.25, 0.3) is 0 Å². The van der Waals surface area contributed by atoms with Crippen LogP contribution in [0.4, 0.5) is 25.0 Å². The molecule has 3 aromatic rings. The minimum Gasteiger partial charge on any atom is -0.443 e. The molecule has 0 saturated carbocycles. The number of aromatic nitrogens is 3. The number of nitrogens with zero attached hydrogens (tertiary/aromatic N) is 4. The molecule has 0 radical (unpaired) electrons. The summed E-state index contributed by atoms with van der Waals surface area (Å²) in [5, 5.41) is 5.37. The molecule has 1 amide bonds. The molecule has 182 valence electrons. The van der Waals surface area contributed by atoms with Crippen LogP contribution in [0.15, 0.2) is 24.4 Å². The zero-order valence-corrected chi connectivity index (χ0v) is 19.8. The van der Waals surface area contributed by atoms with Gasteiger partial charge < -0.3 is 15.2 Å². The summed E-state index contributed by atoms with van der Waals surface area (Å²) in [4.78, 5) is 18.4. The number of amides is 1. The van der Waals surface area contributed by atoms with Gasteiger partial charge in [-0.25, -0.2) is 23.2 Å². The van der Waals surface area contributed by atoms with Crippen LogP contribution in [0.1, 0.15) is 57.5 Å². The average molecular weight is 474 g/mol. The van der Waals surface area contributed by atoms with Crippen LogP contribution in [-0.2, 0) is 16.0 Å². The number of aryl methyl sites for hydroxylation is 1. The van der Waals surface area contributed by atoms with E-state index >= 15 is 0 Å². The van der Waals surface area contributed by atoms with Gasteiger partial charge in [0.05, 0.1) is 17.9 Å². The molecular weight excluding hydrogens is 444 g/mol. The summed E-state index contributed by atoms with van der Waals surface area (Å²) in [6.07, 6.45) is 3.38. The molecule has 1 unspecified atom stereocenters. The highest BCUT2D eigenvalue weighted by molar-refractivity contribution is 5.89. The van der Waals surface area contributed by atoms with E-state index in [0.29, 0.717) is 17.8 Å². The fourth-order valence-corrected chi connectivity index (χ4v) is 3.95. The van der Waals surface area contributed by atoms with Crippen LogP contribution >= 0.6 is 0 Å². The van der Waals surface area contributed by atoms with Crippen molar-refractivity contribution in [2.45, 2.75) is 65.3 Å². The summed E-state index contributed by atoms with van der Waals surface area (Å²) in [7, 11) is 0. The lowest BCUT2D eigenvalue weighted by Gasteiger charge is -2.28. The molecule has 1 atom stereocenters. The second-order valence-electron chi connectivity index (χ2n) is 9.43. The van der Waals surface area contributed by atoms with E-state index in [4.69, 9.17) is 15.2 Å². The fourth-order valence-electron chi connectivity index (χ4n) is 3.95. The first-order valence-corrected chi connectivity index (χ1v) is 11.2. The Morgan fingerprint density at radius 2 is 2.09 bits per heavy atom. The molecule has 0 bridgehead atoms. The molecule has 1 aliphatic heterocycles. The number of ether oxygens (including phenoxy) is 2. The first-order valence-electron chi connectivity index (χ1n) is 11.2. The molecule has 8 nitrogen and oxygen atoms in total. The summed E-state index contributed by atoms with van der Waals surface area (Å²) in [5.41, 5.74) is 5.88. The molecule has 10 heteroatoms. The number of pyridine rings is 1. The van der Waals surface area contributed by atoms with E-state index in [1.807, 2.05) is 13.0 Å². The topological polar surface area (TPSA) is 95.5 Å². The number of hydrogen-bond acceptors (Lipinski definition) is 6. The van der Waals surface area contributed by atoms with E-state index < -0.39 is 29.0 Å². The Morgan fingerprint density at radius 1 is 1.32 bits per heavy atom. The van der Waals surface area contributed by atoms with Gasteiger partial charge in [-0.1, -0.05) is 0 Å². The summed E-state index contributed by atoms with van der Waals surface area (Å²) in [6, 6.07) is 3.94. The molecular formula is C24H29F2N5O3. The molecule has 3 heterocycles. The normalized spacial score (nSPS) is 16.6. The number of halogens is 2. The van der Waals surface area contributed by atoms with Gasteiger partial charge >= 0.3 is 6.09 Å². The number of benzene rings is 1. The Bertz CT molecular complexity index is 1220. The highest BCUT2D eigenvalue weighted by Gasteiger charge is 2.29. The van der Waals surface area contributed by atoms with Gasteiger partial charge in [-0.2, -0.15) is 5.10 Å². The number of nitrogen functional groups attached to an aromatic ring is 1. The monoisotopic (exact) mass is 473 g/mol. The minimum atomic E-state index is -1.03. The fraction of sp³-hybridized carbons (Fsp3) is 0.458. The maximum absolute atomic E-state index is 14.9. The zero-order chi connectivity index (χ0) is 24.6. The van der Waals surface area contributed by atoms with Crippen molar-refractivity contribution in [2.75, 3.05) is 17.2 Å². The van der Waals surface area contributed by atoms with Crippen molar-refractivity contribution in [3.05, 3.63) is 47.3 Å². The lowest BCUT2D eigenvalue weighted by molar-refractivity contribution is -0.0371. The third-order valence-corrected chi connectivity index (χ3v) is 5.54. The quantitative estimate of drug-likeness (QED) is 0.521. The lowest BCUT2D eigenvalue weighted by Crippen LogP contribution is -2.37. The molecule has 2 N–H and O–H groups in total. The van der Waals surface area contributed by atoms with Crippen LogP contribution in [0.3, 0.4) is 0 Å². The molecule has 2 aromatic heterocycles. The molecule has 0 aliphatic carbocycles. The van der Waals surface area contributed by atoms with E-state index in [2.05, 4.69) is 10.1 Å². The van der Waals surface area contributed by atoms with Crippen LogP contribution in [-0.4, -0.2) is 33.1 Å². The number of carbonyl (C=O) groups excluding carboxylic acids is 1. The van der Waals surface area contributed by atoms with Crippen LogP contribution in [0.2, 0.25) is 0 Å².